The summed E-state index contributed by atoms with van der Waals surface area (Å²) in [7, 11) is 0. The van der Waals surface area contributed by atoms with Gasteiger partial charge in [-0.2, -0.15) is 10.4 Å². The normalized spacial score (nSPS) is 10.2. The number of aromatic nitrogens is 2. The van der Waals surface area contributed by atoms with Gasteiger partial charge in [-0.05, 0) is 37.3 Å². The molecule has 5 nitrogen and oxygen atoms in total. The Balaban J connectivity index is 1.93. The summed E-state index contributed by atoms with van der Waals surface area (Å²) in [5, 5.41) is 16.4. The van der Waals surface area contributed by atoms with Crippen LogP contribution < -0.4 is 5.32 Å². The minimum absolute atomic E-state index is 0.210. The predicted octanol–water partition coefficient (Wildman–Crippen LogP) is 3.69. The second kappa shape index (κ2) is 6.80. The van der Waals surface area contributed by atoms with Crippen molar-refractivity contribution in [1.82, 2.24) is 9.78 Å². The molecule has 2 aromatic carbocycles. The lowest BCUT2D eigenvalue weighted by Crippen LogP contribution is -2.17. The number of nitrogens with one attached hydrogen (secondary N) is 1. The van der Waals surface area contributed by atoms with Gasteiger partial charge in [0.15, 0.2) is 0 Å². The highest BCUT2D eigenvalue weighted by Crippen LogP contribution is 2.21. The molecule has 0 aliphatic carbocycles. The molecule has 0 aliphatic rings. The Morgan fingerprint density at radius 3 is 2.67 bits per heavy atom. The summed E-state index contributed by atoms with van der Waals surface area (Å²) in [6.45, 7) is 2.51. The molecule has 0 spiro atoms. The number of aryl methyl sites for hydroxylation is 1. The maximum absolute atomic E-state index is 12.5. The average molecular weight is 316 g/mol. The molecule has 5 heteroatoms. The van der Waals surface area contributed by atoms with E-state index < -0.39 is 0 Å². The molecule has 0 radical (unpaired) electrons. The van der Waals surface area contributed by atoms with E-state index in [0.717, 1.165) is 11.3 Å². The van der Waals surface area contributed by atoms with Crippen LogP contribution in [0.5, 0.6) is 0 Å². The zero-order chi connectivity index (χ0) is 16.9. The number of para-hydroxylation sites is 1. The Hall–Kier alpha value is -3.39. The van der Waals surface area contributed by atoms with Crippen LogP contribution in [0.15, 0.2) is 60.7 Å². The molecule has 118 valence electrons. The molecule has 0 saturated carbocycles. The fourth-order valence-electron chi connectivity index (χ4n) is 2.45. The van der Waals surface area contributed by atoms with Crippen LogP contribution in [0.2, 0.25) is 0 Å². The zero-order valence-corrected chi connectivity index (χ0v) is 13.2. The van der Waals surface area contributed by atoms with Crippen LogP contribution in [0.1, 0.15) is 23.0 Å². The molecule has 0 aliphatic heterocycles. The van der Waals surface area contributed by atoms with E-state index in [0.29, 0.717) is 23.5 Å². The van der Waals surface area contributed by atoms with E-state index in [9.17, 15) is 4.79 Å². The van der Waals surface area contributed by atoms with E-state index in [1.165, 1.54) is 0 Å². The fourth-order valence-corrected chi connectivity index (χ4v) is 2.45. The molecule has 0 unspecified atom stereocenters. The number of rotatable bonds is 4. The fraction of sp³-hybridized carbons (Fsp3) is 0.105. The quantitative estimate of drug-likeness (QED) is 0.798. The summed E-state index contributed by atoms with van der Waals surface area (Å²) in [6.07, 6.45) is 0. The van der Waals surface area contributed by atoms with Gasteiger partial charge in [0, 0.05) is 17.8 Å². The van der Waals surface area contributed by atoms with Gasteiger partial charge in [-0.25, -0.2) is 0 Å². The number of benzene rings is 2. The molecule has 0 fully saturated rings. The summed E-state index contributed by atoms with van der Waals surface area (Å²) in [4.78, 5) is 12.5. The number of carbonyl (C=O) groups excluding carboxylic acids is 1. The summed E-state index contributed by atoms with van der Waals surface area (Å²) in [5.74, 6) is -0.210. The number of hydrogen-bond acceptors (Lipinski definition) is 3. The van der Waals surface area contributed by atoms with Gasteiger partial charge in [-0.15, -0.1) is 0 Å². The molecule has 0 atom stereocenters. The largest absolute Gasteiger partial charge is 0.321 e. The molecule has 24 heavy (non-hydrogen) atoms. The molecular weight excluding hydrogens is 300 g/mol. The smallest absolute Gasteiger partial charge is 0.273 e. The molecule has 1 aromatic heterocycles. The van der Waals surface area contributed by atoms with Gasteiger partial charge in [0.1, 0.15) is 5.69 Å². The predicted molar refractivity (Wildman–Crippen MR) is 92.4 cm³/mol. The van der Waals surface area contributed by atoms with Crippen LogP contribution in [-0.2, 0) is 6.54 Å². The third kappa shape index (κ3) is 3.18. The molecule has 3 aromatic rings. The van der Waals surface area contributed by atoms with Crippen LogP contribution >= 0.6 is 0 Å². The van der Waals surface area contributed by atoms with E-state index in [4.69, 9.17) is 5.26 Å². The topological polar surface area (TPSA) is 70.7 Å². The number of nitrogens with zero attached hydrogens (tertiary/aromatic N) is 3. The molecule has 0 saturated heterocycles. The highest BCUT2D eigenvalue weighted by atomic mass is 16.2. The van der Waals surface area contributed by atoms with Crippen LogP contribution in [0, 0.1) is 11.3 Å². The zero-order valence-electron chi connectivity index (χ0n) is 13.2. The van der Waals surface area contributed by atoms with Crippen molar-refractivity contribution in [2.24, 2.45) is 0 Å². The van der Waals surface area contributed by atoms with Gasteiger partial charge in [0.05, 0.1) is 17.3 Å². The van der Waals surface area contributed by atoms with Crippen molar-refractivity contribution in [1.29, 1.82) is 5.26 Å². The van der Waals surface area contributed by atoms with Crippen molar-refractivity contribution >= 4 is 11.6 Å². The second-order valence-electron chi connectivity index (χ2n) is 5.24. The number of hydrogen-bond donors (Lipinski definition) is 1. The van der Waals surface area contributed by atoms with Gasteiger partial charge in [0.25, 0.3) is 5.91 Å². The SMILES string of the molecule is CCn1nc(-c2cccc(C#N)c2)cc1C(=O)Nc1ccccc1. The molecule has 1 N–H and O–H groups in total. The lowest BCUT2D eigenvalue weighted by atomic mass is 10.1. The summed E-state index contributed by atoms with van der Waals surface area (Å²) in [6, 6.07) is 20.4. The first kappa shape index (κ1) is 15.5. The van der Waals surface area contributed by atoms with Crippen molar-refractivity contribution in [2.75, 3.05) is 5.32 Å². The standard InChI is InChI=1S/C19H16N4O/c1-2-23-18(19(24)21-16-9-4-3-5-10-16)12-17(22-23)15-8-6-7-14(11-15)13-20/h3-12H,2H2,1H3,(H,21,24). The Morgan fingerprint density at radius 2 is 1.96 bits per heavy atom. The van der Waals surface area contributed by atoms with Crippen molar-refractivity contribution in [3.8, 4) is 17.3 Å². The van der Waals surface area contributed by atoms with Crippen LogP contribution in [0.4, 0.5) is 5.69 Å². The number of amides is 1. The highest BCUT2D eigenvalue weighted by Gasteiger charge is 2.16. The summed E-state index contributed by atoms with van der Waals surface area (Å²) >= 11 is 0. The first-order valence-corrected chi connectivity index (χ1v) is 7.66. The highest BCUT2D eigenvalue weighted by molar-refractivity contribution is 6.03. The lowest BCUT2D eigenvalue weighted by molar-refractivity contribution is 0.101. The van der Waals surface area contributed by atoms with Gasteiger partial charge in [-0.3, -0.25) is 9.48 Å². The molecule has 3 rings (SSSR count). The van der Waals surface area contributed by atoms with Crippen LogP contribution in [-0.4, -0.2) is 15.7 Å². The van der Waals surface area contributed by atoms with Gasteiger partial charge in [-0.1, -0.05) is 30.3 Å². The minimum Gasteiger partial charge on any atom is -0.321 e. The molecule has 1 heterocycles. The second-order valence-corrected chi connectivity index (χ2v) is 5.24. The van der Waals surface area contributed by atoms with Crippen LogP contribution in [0.3, 0.4) is 0 Å². The Bertz CT molecular complexity index is 907. The van der Waals surface area contributed by atoms with E-state index in [2.05, 4.69) is 16.5 Å². The molecular formula is C19H16N4O. The lowest BCUT2D eigenvalue weighted by Gasteiger charge is -2.06. The van der Waals surface area contributed by atoms with Crippen molar-refractivity contribution < 1.29 is 4.79 Å². The summed E-state index contributed by atoms with van der Waals surface area (Å²) < 4.78 is 1.66. The Kier molecular flexibility index (Phi) is 4.39. The van der Waals surface area contributed by atoms with Crippen molar-refractivity contribution in [2.45, 2.75) is 13.5 Å². The average Bonchev–Trinajstić information content (AvgIpc) is 3.07. The van der Waals surface area contributed by atoms with E-state index in [1.54, 1.807) is 22.9 Å². The van der Waals surface area contributed by atoms with Crippen LogP contribution in [0.25, 0.3) is 11.3 Å². The van der Waals surface area contributed by atoms with Gasteiger partial charge >= 0.3 is 0 Å². The van der Waals surface area contributed by atoms with Gasteiger partial charge < -0.3 is 5.32 Å². The van der Waals surface area contributed by atoms with E-state index in [-0.39, 0.29) is 5.91 Å². The van der Waals surface area contributed by atoms with Crippen molar-refractivity contribution in [3.05, 3.63) is 71.9 Å². The Morgan fingerprint density at radius 1 is 1.17 bits per heavy atom. The number of carbonyl (C=O) groups is 1. The molecule has 1 amide bonds. The summed E-state index contributed by atoms with van der Waals surface area (Å²) in [5.41, 5.74) is 3.27. The Labute approximate surface area is 140 Å². The number of nitriles is 1. The minimum atomic E-state index is -0.210. The third-order valence-electron chi connectivity index (χ3n) is 3.63. The maximum atomic E-state index is 12.5. The van der Waals surface area contributed by atoms with Gasteiger partial charge in [0.2, 0.25) is 0 Å². The monoisotopic (exact) mass is 316 g/mol. The van der Waals surface area contributed by atoms with Crippen molar-refractivity contribution in [3.63, 3.8) is 0 Å². The number of anilines is 1. The first-order valence-electron chi connectivity index (χ1n) is 7.66. The maximum Gasteiger partial charge on any atom is 0.273 e. The first-order chi connectivity index (χ1) is 11.7. The molecule has 0 bridgehead atoms. The third-order valence-corrected chi connectivity index (χ3v) is 3.63. The van der Waals surface area contributed by atoms with E-state index >= 15 is 0 Å². The van der Waals surface area contributed by atoms with E-state index in [1.807, 2.05) is 49.4 Å².